The lowest BCUT2D eigenvalue weighted by Crippen LogP contribution is -2.61. The molecule has 0 aromatic carbocycles. The molecule has 0 amide bonds. The molecule has 0 radical (unpaired) electrons. The summed E-state index contributed by atoms with van der Waals surface area (Å²) in [6.07, 6.45) is -4.81. The molecule has 0 bridgehead atoms. The van der Waals surface area contributed by atoms with Gasteiger partial charge in [-0.25, -0.2) is 0 Å². The molecule has 1 aliphatic heterocycles. The summed E-state index contributed by atoms with van der Waals surface area (Å²) in [5.41, 5.74) is -0.884. The Labute approximate surface area is 112 Å². The molecule has 1 rings (SSSR count). The highest BCUT2D eigenvalue weighted by molar-refractivity contribution is 4.91. The number of aliphatic hydroxyl groups is 4. The lowest BCUT2D eigenvalue weighted by molar-refractivity contribution is -0.330. The zero-order valence-corrected chi connectivity index (χ0v) is 11.5. The number of aliphatic hydroxyl groups excluding tert-OH is 4. The Morgan fingerprint density at radius 2 is 1.84 bits per heavy atom. The topological polar surface area (TPSA) is 109 Å². The third kappa shape index (κ3) is 3.63. The molecular weight excluding hydrogens is 256 g/mol. The molecule has 0 aliphatic carbocycles. The molecule has 0 aromatic rings. The third-order valence-corrected chi connectivity index (χ3v) is 3.58. The minimum Gasteiger partial charge on any atom is -0.394 e. The van der Waals surface area contributed by atoms with Crippen LogP contribution in [0, 0.1) is 0 Å². The fourth-order valence-electron chi connectivity index (χ4n) is 1.95. The Bertz CT molecular complexity index is 267. The first kappa shape index (κ1) is 16.8. The van der Waals surface area contributed by atoms with Gasteiger partial charge >= 0.3 is 0 Å². The van der Waals surface area contributed by atoms with Crippen molar-refractivity contribution >= 4 is 0 Å². The van der Waals surface area contributed by atoms with Crippen LogP contribution in [0.5, 0.6) is 0 Å². The normalized spacial score (nSPS) is 39.0. The number of rotatable bonds is 6. The highest BCUT2D eigenvalue weighted by Gasteiger charge is 2.46. The van der Waals surface area contributed by atoms with Gasteiger partial charge in [0.05, 0.1) is 18.8 Å². The molecule has 1 saturated heterocycles. The van der Waals surface area contributed by atoms with Gasteiger partial charge in [0, 0.05) is 7.11 Å². The van der Waals surface area contributed by atoms with Crippen LogP contribution in [-0.4, -0.2) is 77.1 Å². The van der Waals surface area contributed by atoms with Crippen LogP contribution >= 0.6 is 0 Å². The van der Waals surface area contributed by atoms with E-state index >= 15 is 0 Å². The van der Waals surface area contributed by atoms with Crippen LogP contribution in [0.2, 0.25) is 0 Å². The summed E-state index contributed by atoms with van der Waals surface area (Å²) in [4.78, 5) is 0. The van der Waals surface area contributed by atoms with Crippen molar-refractivity contribution in [2.24, 2.45) is 0 Å². The van der Waals surface area contributed by atoms with Crippen LogP contribution in [-0.2, 0) is 14.2 Å². The van der Waals surface area contributed by atoms with E-state index in [1.807, 2.05) is 6.92 Å². The van der Waals surface area contributed by atoms with E-state index in [0.29, 0.717) is 6.42 Å². The van der Waals surface area contributed by atoms with Crippen molar-refractivity contribution in [1.82, 2.24) is 0 Å². The quantitative estimate of drug-likeness (QED) is 0.475. The van der Waals surface area contributed by atoms with Gasteiger partial charge in [-0.1, -0.05) is 6.92 Å². The van der Waals surface area contributed by atoms with E-state index in [9.17, 15) is 20.4 Å². The molecule has 5 unspecified atom stereocenters. The fraction of sp³-hybridized carbons (Fsp3) is 1.00. The average Bonchev–Trinajstić information content (AvgIpc) is 2.43. The number of hydrogen-bond donors (Lipinski definition) is 4. The fourth-order valence-corrected chi connectivity index (χ4v) is 1.95. The van der Waals surface area contributed by atoms with Crippen molar-refractivity contribution in [3.8, 4) is 0 Å². The number of methoxy groups -OCH3 is 1. The van der Waals surface area contributed by atoms with Crippen LogP contribution in [0.15, 0.2) is 0 Å². The minimum atomic E-state index is -1.31. The van der Waals surface area contributed by atoms with Gasteiger partial charge in [-0.3, -0.25) is 0 Å². The second-order valence-electron chi connectivity index (χ2n) is 4.99. The van der Waals surface area contributed by atoms with Crippen LogP contribution < -0.4 is 0 Å². The molecular formula is C12H24O7. The van der Waals surface area contributed by atoms with E-state index < -0.39 is 36.3 Å². The van der Waals surface area contributed by atoms with E-state index in [-0.39, 0.29) is 13.2 Å². The van der Waals surface area contributed by atoms with E-state index in [2.05, 4.69) is 0 Å². The molecule has 7 heteroatoms. The number of hydrogen-bond acceptors (Lipinski definition) is 7. The van der Waals surface area contributed by atoms with Crippen LogP contribution in [0.3, 0.4) is 0 Å². The Kier molecular flexibility index (Phi) is 6.13. The summed E-state index contributed by atoms with van der Waals surface area (Å²) in [6.45, 7) is 2.88. The van der Waals surface area contributed by atoms with Crippen LogP contribution in [0.1, 0.15) is 20.3 Å². The molecule has 114 valence electrons. The van der Waals surface area contributed by atoms with Gasteiger partial charge in [0.1, 0.15) is 24.4 Å². The monoisotopic (exact) mass is 280 g/mol. The Morgan fingerprint density at radius 1 is 1.21 bits per heavy atom. The lowest BCUT2D eigenvalue weighted by Gasteiger charge is -2.43. The second kappa shape index (κ2) is 6.94. The highest BCUT2D eigenvalue weighted by atomic mass is 16.7. The van der Waals surface area contributed by atoms with Gasteiger partial charge in [-0.2, -0.15) is 0 Å². The molecule has 0 aromatic heterocycles. The largest absolute Gasteiger partial charge is 0.394 e. The standard InChI is InChI=1S/C12H24O7/c1-4-12(2,6-14)19-11-9(16)8(15)10(17-3)7(5-13)18-11/h7-11,13-16H,4-6H2,1-3H3/t7?,8?,9?,10?,11?,12-/m0/s1. The second-order valence-corrected chi connectivity index (χ2v) is 4.99. The van der Waals surface area contributed by atoms with Gasteiger partial charge in [0.15, 0.2) is 6.29 Å². The van der Waals surface area contributed by atoms with Gasteiger partial charge in [-0.05, 0) is 13.3 Å². The van der Waals surface area contributed by atoms with E-state index in [1.54, 1.807) is 6.92 Å². The van der Waals surface area contributed by atoms with Crippen molar-refractivity contribution < 1.29 is 34.6 Å². The summed E-state index contributed by atoms with van der Waals surface area (Å²) >= 11 is 0. The van der Waals surface area contributed by atoms with Gasteiger partial charge in [0.25, 0.3) is 0 Å². The Hall–Kier alpha value is -0.280. The molecule has 1 heterocycles. The van der Waals surface area contributed by atoms with E-state index in [4.69, 9.17) is 14.2 Å². The van der Waals surface area contributed by atoms with Crippen LogP contribution in [0.25, 0.3) is 0 Å². The van der Waals surface area contributed by atoms with Crippen molar-refractivity contribution in [3.63, 3.8) is 0 Å². The average molecular weight is 280 g/mol. The summed E-state index contributed by atoms with van der Waals surface area (Å²) in [5.74, 6) is 0. The smallest absolute Gasteiger partial charge is 0.187 e. The summed E-state index contributed by atoms with van der Waals surface area (Å²) in [7, 11) is 1.36. The van der Waals surface area contributed by atoms with Crippen molar-refractivity contribution in [2.75, 3.05) is 20.3 Å². The van der Waals surface area contributed by atoms with Gasteiger partial charge < -0.3 is 34.6 Å². The molecule has 1 fully saturated rings. The SMILES string of the molecule is CC[C@@](C)(CO)OC1OC(CO)C(OC)C(O)C1O. The van der Waals surface area contributed by atoms with Crippen molar-refractivity contribution in [1.29, 1.82) is 0 Å². The maximum atomic E-state index is 9.96. The van der Waals surface area contributed by atoms with Crippen molar-refractivity contribution in [2.45, 2.75) is 56.6 Å². The minimum absolute atomic E-state index is 0.246. The van der Waals surface area contributed by atoms with Gasteiger partial charge in [0.2, 0.25) is 0 Å². The zero-order valence-electron chi connectivity index (χ0n) is 11.5. The maximum absolute atomic E-state index is 9.96. The number of ether oxygens (including phenoxy) is 3. The Balaban J connectivity index is 2.80. The highest BCUT2D eigenvalue weighted by Crippen LogP contribution is 2.28. The molecule has 0 spiro atoms. The third-order valence-electron chi connectivity index (χ3n) is 3.58. The molecule has 19 heavy (non-hydrogen) atoms. The van der Waals surface area contributed by atoms with Crippen molar-refractivity contribution in [3.05, 3.63) is 0 Å². The molecule has 4 N–H and O–H groups in total. The molecule has 0 saturated carbocycles. The maximum Gasteiger partial charge on any atom is 0.187 e. The summed E-state index contributed by atoms with van der Waals surface area (Å²) in [5, 5.41) is 38.4. The predicted octanol–water partition coefficient (Wildman–Crippen LogP) is -1.38. The van der Waals surface area contributed by atoms with Gasteiger partial charge in [-0.15, -0.1) is 0 Å². The van der Waals surface area contributed by atoms with E-state index in [0.717, 1.165) is 0 Å². The summed E-state index contributed by atoms with van der Waals surface area (Å²) in [6, 6.07) is 0. The predicted molar refractivity (Wildman–Crippen MR) is 65.4 cm³/mol. The Morgan fingerprint density at radius 3 is 2.26 bits per heavy atom. The molecule has 7 nitrogen and oxygen atoms in total. The first-order valence-corrected chi connectivity index (χ1v) is 6.36. The lowest BCUT2D eigenvalue weighted by atomic mass is 9.98. The molecule has 6 atom stereocenters. The first-order valence-electron chi connectivity index (χ1n) is 6.36. The zero-order chi connectivity index (χ0) is 14.6. The first-order chi connectivity index (χ1) is 8.92. The van der Waals surface area contributed by atoms with Crippen LogP contribution in [0.4, 0.5) is 0 Å². The molecule has 1 aliphatic rings. The summed E-state index contributed by atoms with van der Waals surface area (Å²) < 4.78 is 15.9. The van der Waals surface area contributed by atoms with E-state index in [1.165, 1.54) is 7.11 Å².